The van der Waals surface area contributed by atoms with Gasteiger partial charge in [0.15, 0.2) is 11.5 Å². The molecule has 0 aromatic heterocycles. The number of nitrogens with zero attached hydrogens (tertiary/aromatic N) is 2. The normalized spacial score (nSPS) is 10.3. The summed E-state index contributed by atoms with van der Waals surface area (Å²) in [6, 6.07) is 11.5. The van der Waals surface area contributed by atoms with E-state index in [1.807, 2.05) is 0 Å². The van der Waals surface area contributed by atoms with Gasteiger partial charge in [-0.25, -0.2) is 10.2 Å². The summed E-state index contributed by atoms with van der Waals surface area (Å²) in [6.07, 6.45) is 1.14. The van der Waals surface area contributed by atoms with Gasteiger partial charge in [-0.05, 0) is 51.3 Å². The maximum Gasteiger partial charge on any atom is 0.335 e. The van der Waals surface area contributed by atoms with E-state index in [2.05, 4.69) is 26.5 Å². The summed E-state index contributed by atoms with van der Waals surface area (Å²) in [5.74, 6) is -0.576. The number of nitriles is 1. The Bertz CT molecular complexity index is 936. The minimum atomic E-state index is -0.988. The van der Waals surface area contributed by atoms with Crippen LogP contribution in [0, 0.1) is 11.3 Å². The van der Waals surface area contributed by atoms with Crippen molar-refractivity contribution in [3.63, 3.8) is 0 Å². The summed E-state index contributed by atoms with van der Waals surface area (Å²) in [7, 11) is 1.49. The van der Waals surface area contributed by atoms with E-state index in [4.69, 9.17) is 19.8 Å². The number of hydrogen-bond acceptors (Lipinski definition) is 6. The fourth-order valence-electron chi connectivity index (χ4n) is 2.14. The third-order valence-electron chi connectivity index (χ3n) is 3.48. The zero-order valence-electron chi connectivity index (χ0n) is 14.8. The van der Waals surface area contributed by atoms with Crippen molar-refractivity contribution in [1.82, 2.24) is 5.43 Å². The number of hydrogen-bond donors (Lipinski definition) is 2. The molecule has 0 spiro atoms. The molecule has 0 unspecified atom stereocenters. The Morgan fingerprint density at radius 1 is 1.32 bits per heavy atom. The molecule has 0 aliphatic rings. The minimum absolute atomic E-state index is 0.202. The third-order valence-corrected chi connectivity index (χ3v) is 4.07. The van der Waals surface area contributed by atoms with E-state index >= 15 is 0 Å². The molecule has 0 atom stereocenters. The number of amides is 1. The van der Waals surface area contributed by atoms with E-state index in [1.165, 1.54) is 25.5 Å². The molecule has 0 saturated heterocycles. The Morgan fingerprint density at radius 3 is 2.64 bits per heavy atom. The first kappa shape index (κ1) is 20.9. The van der Waals surface area contributed by atoms with Gasteiger partial charge in [-0.15, -0.1) is 0 Å². The van der Waals surface area contributed by atoms with Crippen molar-refractivity contribution < 1.29 is 24.2 Å². The second-order valence-corrected chi connectivity index (χ2v) is 6.31. The highest BCUT2D eigenvalue weighted by atomic mass is 79.9. The van der Waals surface area contributed by atoms with Gasteiger partial charge in [0.25, 0.3) is 5.91 Å². The van der Waals surface area contributed by atoms with Crippen molar-refractivity contribution in [3.05, 3.63) is 57.6 Å². The van der Waals surface area contributed by atoms with Crippen LogP contribution in [0.1, 0.15) is 27.9 Å². The van der Waals surface area contributed by atoms with Crippen LogP contribution in [0.2, 0.25) is 0 Å². The highest BCUT2D eigenvalue weighted by molar-refractivity contribution is 9.10. The van der Waals surface area contributed by atoms with Crippen LogP contribution < -0.4 is 14.9 Å². The van der Waals surface area contributed by atoms with Crippen LogP contribution in [0.3, 0.4) is 0 Å². The number of carbonyl (C=O) groups excluding carboxylic acids is 1. The predicted molar refractivity (Wildman–Crippen MR) is 104 cm³/mol. The van der Waals surface area contributed by atoms with Gasteiger partial charge in [0.05, 0.1) is 29.4 Å². The average molecular weight is 446 g/mol. The second kappa shape index (κ2) is 10.1. The molecular weight excluding hydrogens is 430 g/mol. The number of ether oxygens (including phenoxy) is 2. The summed E-state index contributed by atoms with van der Waals surface area (Å²) < 4.78 is 11.8. The van der Waals surface area contributed by atoms with Gasteiger partial charge in [-0.3, -0.25) is 4.79 Å². The Morgan fingerprint density at radius 2 is 2.04 bits per heavy atom. The number of rotatable bonds is 8. The van der Waals surface area contributed by atoms with Crippen LogP contribution in [-0.4, -0.2) is 30.3 Å². The first-order chi connectivity index (χ1) is 13.4. The number of carboxylic acid groups (broad SMARTS) is 1. The van der Waals surface area contributed by atoms with Crippen molar-refractivity contribution in [2.75, 3.05) is 7.11 Å². The van der Waals surface area contributed by atoms with Crippen molar-refractivity contribution in [1.29, 1.82) is 5.26 Å². The summed E-state index contributed by atoms with van der Waals surface area (Å²) in [4.78, 5) is 22.1. The van der Waals surface area contributed by atoms with Gasteiger partial charge < -0.3 is 14.6 Å². The van der Waals surface area contributed by atoms with Crippen LogP contribution in [-0.2, 0) is 11.4 Å². The Balaban J connectivity index is 2.10. The van der Waals surface area contributed by atoms with Crippen molar-refractivity contribution in [2.24, 2.45) is 5.10 Å². The van der Waals surface area contributed by atoms with E-state index < -0.39 is 11.9 Å². The molecule has 144 valence electrons. The Hall–Kier alpha value is -3.38. The molecule has 1 amide bonds. The molecule has 2 aromatic carbocycles. The molecule has 0 fully saturated rings. The van der Waals surface area contributed by atoms with Crippen LogP contribution in [0.15, 0.2) is 46.0 Å². The molecule has 9 heteroatoms. The molecule has 0 bridgehead atoms. The zero-order valence-corrected chi connectivity index (χ0v) is 16.4. The lowest BCUT2D eigenvalue weighted by Gasteiger charge is -2.13. The van der Waals surface area contributed by atoms with E-state index in [9.17, 15) is 9.59 Å². The quantitative estimate of drug-likeness (QED) is 0.475. The number of carboxylic acids is 1. The second-order valence-electron chi connectivity index (χ2n) is 5.45. The topological polar surface area (TPSA) is 121 Å². The monoisotopic (exact) mass is 445 g/mol. The van der Waals surface area contributed by atoms with Gasteiger partial charge in [-0.1, -0.05) is 12.1 Å². The van der Waals surface area contributed by atoms with Gasteiger partial charge in [0.2, 0.25) is 0 Å². The van der Waals surface area contributed by atoms with Crippen LogP contribution in [0.4, 0.5) is 0 Å². The Kier molecular flexibility index (Phi) is 7.54. The largest absolute Gasteiger partial charge is 0.493 e. The molecule has 8 nitrogen and oxygen atoms in total. The third kappa shape index (κ3) is 5.82. The maximum absolute atomic E-state index is 11.2. The lowest BCUT2D eigenvalue weighted by molar-refractivity contribution is -0.120. The van der Waals surface area contributed by atoms with E-state index in [-0.39, 0.29) is 18.6 Å². The van der Waals surface area contributed by atoms with E-state index in [0.717, 1.165) is 5.56 Å². The maximum atomic E-state index is 11.2. The molecule has 0 saturated carbocycles. The average Bonchev–Trinajstić information content (AvgIpc) is 2.67. The van der Waals surface area contributed by atoms with Crippen molar-refractivity contribution in [3.8, 4) is 17.6 Å². The number of nitrogens with one attached hydrogen (secondary N) is 1. The predicted octanol–water partition coefficient (Wildman–Crippen LogP) is 3.10. The van der Waals surface area contributed by atoms with E-state index in [0.29, 0.717) is 21.5 Å². The van der Waals surface area contributed by atoms with Gasteiger partial charge in [-0.2, -0.15) is 10.4 Å². The summed E-state index contributed by atoms with van der Waals surface area (Å²) >= 11 is 3.41. The number of methoxy groups -OCH3 is 1. The molecule has 2 N–H and O–H groups in total. The summed E-state index contributed by atoms with van der Waals surface area (Å²) in [5, 5.41) is 21.1. The fourth-order valence-corrected chi connectivity index (χ4v) is 2.72. The number of carbonyl (C=O) groups is 2. The molecule has 28 heavy (non-hydrogen) atoms. The molecule has 0 heterocycles. The fraction of sp³-hybridized carbons (Fsp3) is 0.158. The van der Waals surface area contributed by atoms with Gasteiger partial charge in [0, 0.05) is 0 Å². The number of halogens is 1. The molecule has 0 radical (unpaired) electrons. The van der Waals surface area contributed by atoms with Crippen LogP contribution in [0.5, 0.6) is 11.5 Å². The van der Waals surface area contributed by atoms with Gasteiger partial charge in [0.1, 0.15) is 13.0 Å². The lowest BCUT2D eigenvalue weighted by atomic mass is 10.1. The number of benzene rings is 2. The van der Waals surface area contributed by atoms with E-state index in [1.54, 1.807) is 30.3 Å². The summed E-state index contributed by atoms with van der Waals surface area (Å²) in [5.41, 5.74) is 3.88. The summed E-state index contributed by atoms with van der Waals surface area (Å²) in [6.45, 7) is 0.215. The van der Waals surface area contributed by atoms with Crippen molar-refractivity contribution in [2.45, 2.75) is 13.0 Å². The van der Waals surface area contributed by atoms with Gasteiger partial charge >= 0.3 is 5.97 Å². The molecule has 2 aromatic rings. The standard InChI is InChI=1S/C19H16BrN3O5/c1-27-16-9-13(10-22-23-17(24)6-7-21)8-15(20)18(16)28-11-12-2-4-14(5-3-12)19(25)26/h2-5,8-10H,6,11H2,1H3,(H,23,24)(H,25,26). The first-order valence-corrected chi connectivity index (χ1v) is 8.75. The molecular formula is C19H16BrN3O5. The highest BCUT2D eigenvalue weighted by Crippen LogP contribution is 2.36. The number of hydrazone groups is 1. The highest BCUT2D eigenvalue weighted by Gasteiger charge is 2.12. The molecule has 0 aliphatic carbocycles. The first-order valence-electron chi connectivity index (χ1n) is 7.96. The Labute approximate surface area is 169 Å². The SMILES string of the molecule is COc1cc(C=NNC(=O)CC#N)cc(Br)c1OCc1ccc(C(=O)O)cc1. The molecule has 0 aliphatic heterocycles. The zero-order chi connectivity index (χ0) is 20.5. The lowest BCUT2D eigenvalue weighted by Crippen LogP contribution is -2.16. The minimum Gasteiger partial charge on any atom is -0.493 e. The number of aromatic carboxylic acids is 1. The van der Waals surface area contributed by atoms with Crippen LogP contribution in [0.25, 0.3) is 0 Å². The van der Waals surface area contributed by atoms with Crippen molar-refractivity contribution >= 4 is 34.0 Å². The molecule has 2 rings (SSSR count). The smallest absolute Gasteiger partial charge is 0.335 e. The van der Waals surface area contributed by atoms with Crippen LogP contribution >= 0.6 is 15.9 Å².